The number of ether oxygens (including phenoxy) is 1. The quantitative estimate of drug-likeness (QED) is 0.465. The summed E-state index contributed by atoms with van der Waals surface area (Å²) in [6, 6.07) is -1.09. The average Bonchev–Trinajstić information content (AvgIpc) is 2.09. The molecule has 1 atom stereocenters. The van der Waals surface area contributed by atoms with Gasteiger partial charge in [-0.3, -0.25) is 9.59 Å². The van der Waals surface area contributed by atoms with Gasteiger partial charge in [0, 0.05) is 6.42 Å². The molecule has 0 spiro atoms. The number of hydrogen-bond donors (Lipinski definition) is 3. The number of carboxylic acid groups (broad SMARTS) is 2. The average molecular weight is 205 g/mol. The van der Waals surface area contributed by atoms with Crippen molar-refractivity contribution in [3.05, 3.63) is 0 Å². The first-order chi connectivity index (χ1) is 6.43. The van der Waals surface area contributed by atoms with E-state index in [0.29, 0.717) is 0 Å². The zero-order valence-corrected chi connectivity index (χ0v) is 7.30. The second kappa shape index (κ2) is 5.92. The largest absolute Gasteiger partial charge is 0.481 e. The summed E-state index contributed by atoms with van der Waals surface area (Å²) in [4.78, 5) is 30.9. The van der Waals surface area contributed by atoms with Gasteiger partial charge in [-0.2, -0.15) is 0 Å². The molecule has 0 heterocycles. The Kier molecular flexibility index (Phi) is 5.23. The van der Waals surface area contributed by atoms with Gasteiger partial charge in [0.25, 0.3) is 0 Å². The van der Waals surface area contributed by atoms with Gasteiger partial charge in [0.05, 0.1) is 0 Å². The van der Waals surface area contributed by atoms with Crippen molar-refractivity contribution in [1.29, 1.82) is 0 Å². The van der Waals surface area contributed by atoms with Crippen LogP contribution in [0, 0.1) is 0 Å². The summed E-state index contributed by atoms with van der Waals surface area (Å²) in [5, 5.41) is 16.4. The highest BCUT2D eigenvalue weighted by Gasteiger charge is 2.17. The fraction of sp³-hybridized carbons (Fsp3) is 0.571. The van der Waals surface area contributed by atoms with Gasteiger partial charge in [0.15, 0.2) is 6.61 Å². The molecule has 0 saturated heterocycles. The normalized spacial score (nSPS) is 11.8. The van der Waals surface area contributed by atoms with E-state index >= 15 is 0 Å². The number of carboxylic acids is 2. The maximum absolute atomic E-state index is 10.9. The highest BCUT2D eigenvalue weighted by Crippen LogP contribution is 1.97. The zero-order chi connectivity index (χ0) is 11.1. The fourth-order valence-corrected chi connectivity index (χ4v) is 0.637. The maximum atomic E-state index is 10.9. The fourth-order valence-electron chi connectivity index (χ4n) is 0.637. The third-order valence-electron chi connectivity index (χ3n) is 1.31. The molecule has 0 aromatic rings. The minimum atomic E-state index is -1.29. The Morgan fingerprint density at radius 3 is 2.21 bits per heavy atom. The Morgan fingerprint density at radius 1 is 1.21 bits per heavy atom. The summed E-state index contributed by atoms with van der Waals surface area (Å²) < 4.78 is 4.24. The van der Waals surface area contributed by atoms with E-state index in [1.807, 2.05) is 0 Å². The number of hydrogen-bond acceptors (Lipinski definition) is 5. The van der Waals surface area contributed by atoms with Crippen LogP contribution in [0.2, 0.25) is 0 Å². The molecule has 0 bridgehead atoms. The standard InChI is InChI=1S/C7H11NO6/c8-4(1-2-5(9)10)7(13)14-3-6(11)12/h4H,1-3,8H2,(H,9,10)(H,11,12)/t4-/m0/s1. The number of esters is 1. The van der Waals surface area contributed by atoms with Crippen LogP contribution in [0.25, 0.3) is 0 Å². The monoisotopic (exact) mass is 205 g/mol. The smallest absolute Gasteiger partial charge is 0.341 e. The molecule has 80 valence electrons. The molecule has 7 nitrogen and oxygen atoms in total. The van der Waals surface area contributed by atoms with E-state index in [2.05, 4.69) is 4.74 Å². The van der Waals surface area contributed by atoms with Crippen molar-refractivity contribution in [1.82, 2.24) is 0 Å². The molecule has 14 heavy (non-hydrogen) atoms. The predicted octanol–water partition coefficient (Wildman–Crippen LogP) is -1.19. The molecule has 7 heteroatoms. The first-order valence-electron chi connectivity index (χ1n) is 3.79. The lowest BCUT2D eigenvalue weighted by Crippen LogP contribution is -2.33. The topological polar surface area (TPSA) is 127 Å². The first-order valence-corrected chi connectivity index (χ1v) is 3.79. The molecule has 4 N–H and O–H groups in total. The Morgan fingerprint density at radius 2 is 1.79 bits per heavy atom. The molecule has 0 saturated carbocycles. The van der Waals surface area contributed by atoms with Gasteiger partial charge in [0.1, 0.15) is 6.04 Å². The van der Waals surface area contributed by atoms with Crippen LogP contribution in [0.5, 0.6) is 0 Å². The minimum Gasteiger partial charge on any atom is -0.481 e. The van der Waals surface area contributed by atoms with Gasteiger partial charge in [-0.1, -0.05) is 0 Å². The molecule has 0 aromatic heterocycles. The van der Waals surface area contributed by atoms with Crippen LogP contribution in [-0.4, -0.2) is 40.8 Å². The van der Waals surface area contributed by atoms with Crippen LogP contribution in [0.1, 0.15) is 12.8 Å². The lowest BCUT2D eigenvalue weighted by atomic mass is 10.2. The van der Waals surface area contributed by atoms with Gasteiger partial charge >= 0.3 is 17.9 Å². The summed E-state index contributed by atoms with van der Waals surface area (Å²) in [5.74, 6) is -3.27. The number of nitrogens with two attached hydrogens (primary N) is 1. The minimum absolute atomic E-state index is 0.0756. The summed E-state index contributed by atoms with van der Waals surface area (Å²) in [7, 11) is 0. The van der Waals surface area contributed by atoms with E-state index in [1.165, 1.54) is 0 Å². The predicted molar refractivity (Wildman–Crippen MR) is 43.4 cm³/mol. The van der Waals surface area contributed by atoms with Crippen LogP contribution in [0.4, 0.5) is 0 Å². The van der Waals surface area contributed by atoms with Crippen molar-refractivity contribution in [3.63, 3.8) is 0 Å². The maximum Gasteiger partial charge on any atom is 0.341 e. The molecule has 0 amide bonds. The Balaban J connectivity index is 3.76. The molecular formula is C7H11NO6. The van der Waals surface area contributed by atoms with Crippen LogP contribution >= 0.6 is 0 Å². The molecule has 0 aliphatic carbocycles. The molecule has 0 fully saturated rings. The molecule has 0 aromatic carbocycles. The van der Waals surface area contributed by atoms with Gasteiger partial charge in [-0.25, -0.2) is 4.79 Å². The molecule has 0 rings (SSSR count). The second-order valence-electron chi connectivity index (χ2n) is 2.54. The lowest BCUT2D eigenvalue weighted by molar-refractivity contribution is -0.156. The molecule has 0 aliphatic heterocycles. The summed E-state index contributed by atoms with van der Waals surface area (Å²) in [6.45, 7) is -0.764. The van der Waals surface area contributed by atoms with Gasteiger partial charge < -0.3 is 20.7 Å². The second-order valence-corrected chi connectivity index (χ2v) is 2.54. The van der Waals surface area contributed by atoms with Crippen LogP contribution in [0.3, 0.4) is 0 Å². The number of aliphatic carboxylic acids is 2. The third-order valence-corrected chi connectivity index (χ3v) is 1.31. The lowest BCUT2D eigenvalue weighted by Gasteiger charge is -2.08. The van der Waals surface area contributed by atoms with E-state index in [0.717, 1.165) is 0 Å². The van der Waals surface area contributed by atoms with Crippen molar-refractivity contribution in [2.24, 2.45) is 5.73 Å². The van der Waals surface area contributed by atoms with E-state index in [4.69, 9.17) is 15.9 Å². The van der Waals surface area contributed by atoms with Gasteiger partial charge in [-0.05, 0) is 6.42 Å². The zero-order valence-electron chi connectivity index (χ0n) is 7.30. The van der Waals surface area contributed by atoms with E-state index in [1.54, 1.807) is 0 Å². The van der Waals surface area contributed by atoms with Crippen molar-refractivity contribution in [2.45, 2.75) is 18.9 Å². The molecule has 0 aliphatic rings. The highest BCUT2D eigenvalue weighted by molar-refractivity contribution is 5.79. The SMILES string of the molecule is N[C@@H](CCC(=O)O)C(=O)OCC(=O)O. The summed E-state index contributed by atoms with van der Waals surface area (Å²) in [6.07, 6.45) is -0.336. The van der Waals surface area contributed by atoms with Crippen LogP contribution < -0.4 is 5.73 Å². The van der Waals surface area contributed by atoms with E-state index < -0.39 is 30.6 Å². The summed E-state index contributed by atoms with van der Waals surface area (Å²) >= 11 is 0. The Labute approximate surface area is 79.5 Å². The van der Waals surface area contributed by atoms with Crippen LogP contribution in [-0.2, 0) is 19.1 Å². The van der Waals surface area contributed by atoms with Crippen molar-refractivity contribution >= 4 is 17.9 Å². The highest BCUT2D eigenvalue weighted by atomic mass is 16.6. The third kappa shape index (κ3) is 5.95. The Bertz CT molecular complexity index is 238. The van der Waals surface area contributed by atoms with Gasteiger partial charge in [0.2, 0.25) is 0 Å². The molecular weight excluding hydrogens is 194 g/mol. The van der Waals surface area contributed by atoms with Crippen molar-refractivity contribution in [2.75, 3.05) is 6.61 Å². The molecule has 0 unspecified atom stereocenters. The van der Waals surface area contributed by atoms with E-state index in [9.17, 15) is 14.4 Å². The molecule has 0 radical (unpaired) electrons. The van der Waals surface area contributed by atoms with E-state index in [-0.39, 0.29) is 12.8 Å². The number of carbonyl (C=O) groups excluding carboxylic acids is 1. The number of rotatable bonds is 6. The van der Waals surface area contributed by atoms with Crippen molar-refractivity contribution in [3.8, 4) is 0 Å². The number of carbonyl (C=O) groups is 3. The van der Waals surface area contributed by atoms with Crippen molar-refractivity contribution < 1.29 is 29.3 Å². The summed E-state index contributed by atoms with van der Waals surface area (Å²) in [5.41, 5.74) is 5.22. The van der Waals surface area contributed by atoms with Gasteiger partial charge in [-0.15, -0.1) is 0 Å². The van der Waals surface area contributed by atoms with Crippen LogP contribution in [0.15, 0.2) is 0 Å². The first kappa shape index (κ1) is 12.4. The Hall–Kier alpha value is -1.63.